The maximum absolute atomic E-state index is 5.34. The monoisotopic (exact) mass is 270 g/mol. The zero-order valence-corrected chi connectivity index (χ0v) is 11.8. The van der Waals surface area contributed by atoms with Crippen LogP contribution in [0.4, 0.5) is 5.69 Å². The number of hydrogen-bond acceptors (Lipinski definition) is 3. The molecule has 1 saturated carbocycles. The fraction of sp³-hybridized carbons (Fsp3) is 0.471. The first kappa shape index (κ1) is 13.2. The van der Waals surface area contributed by atoms with E-state index in [0.29, 0.717) is 0 Å². The van der Waals surface area contributed by atoms with Crippen LogP contribution in [-0.4, -0.2) is 11.5 Å². The third kappa shape index (κ3) is 3.41. The summed E-state index contributed by atoms with van der Waals surface area (Å²) in [5, 5.41) is 3.53. The van der Waals surface area contributed by atoms with E-state index < -0.39 is 0 Å². The van der Waals surface area contributed by atoms with Gasteiger partial charge in [-0.05, 0) is 24.5 Å². The lowest BCUT2D eigenvalue weighted by Gasteiger charge is -2.21. The van der Waals surface area contributed by atoms with Crippen LogP contribution in [-0.2, 0) is 0 Å². The summed E-state index contributed by atoms with van der Waals surface area (Å²) in [7, 11) is 0. The van der Waals surface area contributed by atoms with Crippen molar-refractivity contribution in [3.8, 4) is 11.3 Å². The Hall–Kier alpha value is -1.77. The van der Waals surface area contributed by atoms with Crippen molar-refractivity contribution < 1.29 is 4.42 Å². The molecule has 0 bridgehead atoms. The zero-order chi connectivity index (χ0) is 13.6. The summed E-state index contributed by atoms with van der Waals surface area (Å²) in [5.41, 5.74) is 2.24. The minimum atomic E-state index is 0.820. The van der Waals surface area contributed by atoms with Gasteiger partial charge in [-0.15, -0.1) is 0 Å². The molecule has 0 aliphatic heterocycles. The zero-order valence-electron chi connectivity index (χ0n) is 11.8. The van der Waals surface area contributed by atoms with Crippen LogP contribution in [0.2, 0.25) is 0 Å². The summed E-state index contributed by atoms with van der Waals surface area (Å²) in [6, 6.07) is 8.34. The van der Waals surface area contributed by atoms with E-state index in [4.69, 9.17) is 4.42 Å². The van der Waals surface area contributed by atoms with Crippen LogP contribution in [0, 0.1) is 5.92 Å². The average molecular weight is 270 g/mol. The van der Waals surface area contributed by atoms with Gasteiger partial charge in [-0.2, -0.15) is 0 Å². The molecule has 0 radical (unpaired) electrons. The van der Waals surface area contributed by atoms with Gasteiger partial charge in [-0.3, -0.25) is 0 Å². The highest BCUT2D eigenvalue weighted by atomic mass is 16.3. The molecular formula is C17H22N2O. The lowest BCUT2D eigenvalue weighted by Crippen LogP contribution is -2.12. The Kier molecular flexibility index (Phi) is 4.36. The predicted octanol–water partition coefficient (Wildman–Crippen LogP) is 4.72. The minimum absolute atomic E-state index is 0.820. The number of nitrogens with zero attached hydrogens (tertiary/aromatic N) is 1. The molecular weight excluding hydrogens is 248 g/mol. The van der Waals surface area contributed by atoms with Gasteiger partial charge in [-0.25, -0.2) is 4.98 Å². The molecule has 1 aliphatic carbocycles. The van der Waals surface area contributed by atoms with Crippen molar-refractivity contribution in [1.82, 2.24) is 4.98 Å². The Labute approximate surface area is 120 Å². The summed E-state index contributed by atoms with van der Waals surface area (Å²) in [4.78, 5) is 3.96. The first-order chi connectivity index (χ1) is 9.92. The number of benzene rings is 1. The molecule has 1 aromatic carbocycles. The van der Waals surface area contributed by atoms with Gasteiger partial charge in [-0.1, -0.05) is 44.2 Å². The van der Waals surface area contributed by atoms with Crippen LogP contribution in [0.5, 0.6) is 0 Å². The molecule has 3 nitrogen and oxygen atoms in total. The molecule has 0 unspecified atom stereocenters. The maximum atomic E-state index is 5.34. The SMILES string of the molecule is c1cc(NCCC2CCCCC2)cc(-c2cnco2)c1. The number of aromatic nitrogens is 1. The van der Waals surface area contributed by atoms with E-state index in [1.807, 2.05) is 6.07 Å². The van der Waals surface area contributed by atoms with Gasteiger partial charge in [0.15, 0.2) is 12.2 Å². The van der Waals surface area contributed by atoms with Crippen LogP contribution in [0.3, 0.4) is 0 Å². The quantitative estimate of drug-likeness (QED) is 0.854. The Morgan fingerprint density at radius 2 is 2.10 bits per heavy atom. The van der Waals surface area contributed by atoms with E-state index in [1.165, 1.54) is 44.9 Å². The average Bonchev–Trinajstić information content (AvgIpc) is 3.03. The van der Waals surface area contributed by atoms with E-state index in [-0.39, 0.29) is 0 Å². The lowest BCUT2D eigenvalue weighted by atomic mass is 9.87. The number of hydrogen-bond donors (Lipinski definition) is 1. The number of rotatable bonds is 5. The molecule has 20 heavy (non-hydrogen) atoms. The van der Waals surface area contributed by atoms with Crippen molar-refractivity contribution in [2.45, 2.75) is 38.5 Å². The van der Waals surface area contributed by atoms with Crippen molar-refractivity contribution in [3.63, 3.8) is 0 Å². The van der Waals surface area contributed by atoms with Gasteiger partial charge < -0.3 is 9.73 Å². The van der Waals surface area contributed by atoms with Gasteiger partial charge in [0, 0.05) is 17.8 Å². The van der Waals surface area contributed by atoms with Crippen molar-refractivity contribution in [2.75, 3.05) is 11.9 Å². The van der Waals surface area contributed by atoms with Crippen LogP contribution < -0.4 is 5.32 Å². The van der Waals surface area contributed by atoms with Crippen LogP contribution in [0.25, 0.3) is 11.3 Å². The summed E-state index contributed by atoms with van der Waals surface area (Å²) < 4.78 is 5.34. The Bertz CT molecular complexity index is 516. The normalized spacial score (nSPS) is 16.2. The standard InChI is InChI=1S/C17H22N2O/c1-2-5-14(6-3-1)9-10-19-16-8-4-7-15(11-16)17-12-18-13-20-17/h4,7-8,11-14,19H,1-3,5-6,9-10H2. The fourth-order valence-corrected chi connectivity index (χ4v) is 3.04. The number of anilines is 1. The largest absolute Gasteiger partial charge is 0.444 e. The van der Waals surface area contributed by atoms with E-state index in [0.717, 1.165) is 29.5 Å². The third-order valence-electron chi connectivity index (χ3n) is 4.19. The minimum Gasteiger partial charge on any atom is -0.444 e. The van der Waals surface area contributed by atoms with Gasteiger partial charge in [0.1, 0.15) is 0 Å². The third-order valence-corrected chi connectivity index (χ3v) is 4.19. The summed E-state index contributed by atoms with van der Waals surface area (Å²) >= 11 is 0. The molecule has 3 heteroatoms. The van der Waals surface area contributed by atoms with Crippen molar-refractivity contribution in [2.24, 2.45) is 5.92 Å². The Balaban J connectivity index is 1.53. The lowest BCUT2D eigenvalue weighted by molar-refractivity contribution is 0.345. The van der Waals surface area contributed by atoms with Crippen LogP contribution in [0.1, 0.15) is 38.5 Å². The molecule has 1 heterocycles. The van der Waals surface area contributed by atoms with Gasteiger partial charge in [0.2, 0.25) is 0 Å². The van der Waals surface area contributed by atoms with E-state index in [2.05, 4.69) is 28.5 Å². The molecule has 1 N–H and O–H groups in total. The Morgan fingerprint density at radius 3 is 2.90 bits per heavy atom. The number of oxazole rings is 1. The van der Waals surface area contributed by atoms with Crippen molar-refractivity contribution in [3.05, 3.63) is 36.9 Å². The maximum Gasteiger partial charge on any atom is 0.181 e. The summed E-state index contributed by atoms with van der Waals surface area (Å²) in [5.74, 6) is 1.75. The summed E-state index contributed by atoms with van der Waals surface area (Å²) in [6.45, 7) is 1.06. The highest BCUT2D eigenvalue weighted by Crippen LogP contribution is 2.26. The second-order valence-corrected chi connectivity index (χ2v) is 5.67. The second kappa shape index (κ2) is 6.60. The smallest absolute Gasteiger partial charge is 0.181 e. The molecule has 0 atom stereocenters. The highest BCUT2D eigenvalue weighted by Gasteiger charge is 2.12. The van der Waals surface area contributed by atoms with E-state index >= 15 is 0 Å². The van der Waals surface area contributed by atoms with E-state index in [1.54, 1.807) is 6.20 Å². The van der Waals surface area contributed by atoms with Crippen LogP contribution in [0.15, 0.2) is 41.3 Å². The van der Waals surface area contributed by atoms with Crippen molar-refractivity contribution >= 4 is 5.69 Å². The van der Waals surface area contributed by atoms with Gasteiger partial charge in [0.25, 0.3) is 0 Å². The molecule has 3 rings (SSSR count). The van der Waals surface area contributed by atoms with Gasteiger partial charge >= 0.3 is 0 Å². The van der Waals surface area contributed by atoms with Crippen LogP contribution >= 0.6 is 0 Å². The first-order valence-electron chi connectivity index (χ1n) is 7.64. The topological polar surface area (TPSA) is 38.1 Å². The first-order valence-corrected chi connectivity index (χ1v) is 7.64. The number of nitrogens with one attached hydrogen (secondary N) is 1. The molecule has 0 spiro atoms. The second-order valence-electron chi connectivity index (χ2n) is 5.67. The summed E-state index contributed by atoms with van der Waals surface area (Å²) in [6.07, 6.45) is 11.6. The molecule has 1 aromatic heterocycles. The van der Waals surface area contributed by atoms with Crippen molar-refractivity contribution in [1.29, 1.82) is 0 Å². The molecule has 1 aliphatic rings. The highest BCUT2D eigenvalue weighted by molar-refractivity contribution is 5.63. The Morgan fingerprint density at radius 1 is 1.20 bits per heavy atom. The molecule has 0 amide bonds. The molecule has 106 valence electrons. The molecule has 0 saturated heterocycles. The molecule has 2 aromatic rings. The van der Waals surface area contributed by atoms with E-state index in [9.17, 15) is 0 Å². The van der Waals surface area contributed by atoms with Gasteiger partial charge in [0.05, 0.1) is 6.20 Å². The predicted molar refractivity (Wildman–Crippen MR) is 81.6 cm³/mol. The fourth-order valence-electron chi connectivity index (χ4n) is 3.04. The molecule has 1 fully saturated rings.